The van der Waals surface area contributed by atoms with Crippen LogP contribution in [0.25, 0.3) is 0 Å². The summed E-state index contributed by atoms with van der Waals surface area (Å²) in [6.45, 7) is 7.88. The lowest BCUT2D eigenvalue weighted by molar-refractivity contribution is -0.143. The number of carbonyl (C=O) groups excluding carboxylic acids is 1. The Morgan fingerprint density at radius 2 is 1.94 bits per heavy atom. The highest BCUT2D eigenvalue weighted by Gasteiger charge is 2.63. The van der Waals surface area contributed by atoms with Crippen molar-refractivity contribution in [1.29, 1.82) is 0 Å². The van der Waals surface area contributed by atoms with E-state index in [1.165, 1.54) is 4.90 Å². The van der Waals surface area contributed by atoms with E-state index in [0.717, 1.165) is 0 Å². The lowest BCUT2D eigenvalue weighted by atomic mass is 10.1. The molecule has 1 heterocycles. The first kappa shape index (κ1) is 12.2. The highest BCUT2D eigenvalue weighted by molar-refractivity contribution is 5.82. The van der Waals surface area contributed by atoms with E-state index in [9.17, 15) is 14.7 Å². The second-order valence-electron chi connectivity index (χ2n) is 6.02. The molecule has 0 aromatic rings. The number of carboxylic acid groups (broad SMARTS) is 1. The first-order valence-electron chi connectivity index (χ1n) is 5.95. The van der Waals surface area contributed by atoms with E-state index in [1.54, 1.807) is 20.8 Å². The second kappa shape index (κ2) is 3.62. The first-order chi connectivity index (χ1) is 7.72. The average molecular weight is 241 g/mol. The number of likely N-dealkylation sites (tertiary alicyclic amines) is 1. The predicted octanol–water partition coefficient (Wildman–Crippen LogP) is 1.57. The molecule has 1 amide bonds. The maximum absolute atomic E-state index is 11.9. The summed E-state index contributed by atoms with van der Waals surface area (Å²) in [6, 6.07) is -0.704. The van der Waals surface area contributed by atoms with E-state index < -0.39 is 23.7 Å². The maximum atomic E-state index is 11.9. The number of piperidine rings is 1. The van der Waals surface area contributed by atoms with Crippen LogP contribution >= 0.6 is 0 Å². The molecule has 1 aliphatic heterocycles. The van der Waals surface area contributed by atoms with E-state index in [1.807, 2.05) is 6.92 Å². The SMILES string of the molecule is CC1C2CN(C(=O)OC(C)(C)C)[C@@H](C(=O)O)C12. The van der Waals surface area contributed by atoms with Crippen LogP contribution in [0.5, 0.6) is 0 Å². The Bertz CT molecular complexity index is 360. The van der Waals surface area contributed by atoms with Gasteiger partial charge in [0.2, 0.25) is 0 Å². The Hall–Kier alpha value is -1.26. The summed E-state index contributed by atoms with van der Waals surface area (Å²) < 4.78 is 5.23. The summed E-state index contributed by atoms with van der Waals surface area (Å²) in [5, 5.41) is 9.20. The Kier molecular flexibility index (Phi) is 2.60. The van der Waals surface area contributed by atoms with Gasteiger partial charge in [-0.15, -0.1) is 0 Å². The van der Waals surface area contributed by atoms with Crippen molar-refractivity contribution in [2.75, 3.05) is 6.54 Å². The fraction of sp³-hybridized carbons (Fsp3) is 0.833. The van der Waals surface area contributed by atoms with E-state index in [-0.39, 0.29) is 5.92 Å². The third-order valence-corrected chi connectivity index (χ3v) is 3.62. The minimum atomic E-state index is -0.923. The molecule has 1 aliphatic carbocycles. The van der Waals surface area contributed by atoms with Crippen molar-refractivity contribution >= 4 is 12.1 Å². The summed E-state index contributed by atoms with van der Waals surface area (Å²) in [5.41, 5.74) is -0.585. The summed E-state index contributed by atoms with van der Waals surface area (Å²) in [7, 11) is 0. The molecule has 1 saturated heterocycles. The quantitative estimate of drug-likeness (QED) is 0.756. The highest BCUT2D eigenvalue weighted by Crippen LogP contribution is 2.55. The first-order valence-corrected chi connectivity index (χ1v) is 5.95. The van der Waals surface area contributed by atoms with E-state index in [2.05, 4.69) is 0 Å². The van der Waals surface area contributed by atoms with E-state index in [0.29, 0.717) is 18.4 Å². The molecule has 2 rings (SSSR count). The van der Waals surface area contributed by atoms with Crippen LogP contribution in [0.4, 0.5) is 4.79 Å². The molecule has 17 heavy (non-hydrogen) atoms. The lowest BCUT2D eigenvalue weighted by Gasteiger charge is -2.29. The normalized spacial score (nSPS) is 35.4. The smallest absolute Gasteiger partial charge is 0.411 e. The summed E-state index contributed by atoms with van der Waals surface area (Å²) in [6.07, 6.45) is -0.510. The molecular weight excluding hydrogens is 222 g/mol. The van der Waals surface area contributed by atoms with Crippen molar-refractivity contribution in [3.05, 3.63) is 0 Å². The van der Waals surface area contributed by atoms with E-state index in [4.69, 9.17) is 4.74 Å². The van der Waals surface area contributed by atoms with Gasteiger partial charge in [-0.25, -0.2) is 9.59 Å². The van der Waals surface area contributed by atoms with Gasteiger partial charge < -0.3 is 9.84 Å². The fourth-order valence-electron chi connectivity index (χ4n) is 2.74. The molecule has 1 N–H and O–H groups in total. The average Bonchev–Trinajstić information content (AvgIpc) is 2.60. The largest absolute Gasteiger partial charge is 0.480 e. The predicted molar refractivity (Wildman–Crippen MR) is 60.5 cm³/mol. The molecular formula is C12H19NO4. The number of amides is 1. The van der Waals surface area contributed by atoms with Crippen molar-refractivity contribution in [1.82, 2.24) is 4.90 Å². The number of hydrogen-bond acceptors (Lipinski definition) is 3. The van der Waals surface area contributed by atoms with Crippen LogP contribution in [-0.4, -0.2) is 40.3 Å². The second-order valence-corrected chi connectivity index (χ2v) is 6.02. The molecule has 5 nitrogen and oxygen atoms in total. The van der Waals surface area contributed by atoms with Crippen LogP contribution in [0.3, 0.4) is 0 Å². The fourth-order valence-corrected chi connectivity index (χ4v) is 2.74. The van der Waals surface area contributed by atoms with Crippen LogP contribution in [0.2, 0.25) is 0 Å². The minimum absolute atomic E-state index is 0.111. The molecule has 0 radical (unpaired) electrons. The van der Waals surface area contributed by atoms with Gasteiger partial charge in [-0.2, -0.15) is 0 Å². The molecule has 2 fully saturated rings. The molecule has 0 aromatic heterocycles. The van der Waals surface area contributed by atoms with Gasteiger partial charge in [0.25, 0.3) is 0 Å². The summed E-state index contributed by atoms with van der Waals surface area (Å²) in [5.74, 6) is -0.0638. The summed E-state index contributed by atoms with van der Waals surface area (Å²) >= 11 is 0. The number of fused-ring (bicyclic) bond motifs is 1. The lowest BCUT2D eigenvalue weighted by Crippen LogP contribution is -2.46. The van der Waals surface area contributed by atoms with Gasteiger partial charge in [0.1, 0.15) is 11.6 Å². The number of hydrogen-bond donors (Lipinski definition) is 1. The zero-order valence-electron chi connectivity index (χ0n) is 10.6. The Morgan fingerprint density at radius 3 is 2.41 bits per heavy atom. The molecule has 0 bridgehead atoms. The van der Waals surface area contributed by atoms with Crippen molar-refractivity contribution in [2.45, 2.75) is 39.3 Å². The van der Waals surface area contributed by atoms with Crippen molar-refractivity contribution in [2.24, 2.45) is 17.8 Å². The van der Waals surface area contributed by atoms with Gasteiger partial charge in [-0.1, -0.05) is 6.92 Å². The number of nitrogens with zero attached hydrogens (tertiary/aromatic N) is 1. The van der Waals surface area contributed by atoms with Crippen molar-refractivity contribution in [3.8, 4) is 0 Å². The molecule has 1 saturated carbocycles. The molecule has 4 atom stereocenters. The van der Waals surface area contributed by atoms with Crippen LogP contribution < -0.4 is 0 Å². The van der Waals surface area contributed by atoms with Crippen LogP contribution in [-0.2, 0) is 9.53 Å². The van der Waals surface area contributed by atoms with Gasteiger partial charge >= 0.3 is 12.1 Å². The highest BCUT2D eigenvalue weighted by atomic mass is 16.6. The number of carbonyl (C=O) groups is 2. The topological polar surface area (TPSA) is 66.8 Å². The van der Waals surface area contributed by atoms with Crippen molar-refractivity contribution < 1.29 is 19.4 Å². The van der Waals surface area contributed by atoms with Crippen molar-refractivity contribution in [3.63, 3.8) is 0 Å². The molecule has 96 valence electrons. The van der Waals surface area contributed by atoms with Crippen LogP contribution in [0, 0.1) is 17.8 Å². The van der Waals surface area contributed by atoms with Gasteiger partial charge in [-0.05, 0) is 38.5 Å². The number of rotatable bonds is 1. The molecule has 0 spiro atoms. The standard InChI is InChI=1S/C12H19NO4/c1-6-7-5-13(9(8(6)7)10(14)15)11(16)17-12(2,3)4/h6-9H,5H2,1-4H3,(H,14,15)/t6?,7?,8?,9-/m1/s1. The third-order valence-electron chi connectivity index (χ3n) is 3.62. The zero-order chi connectivity index (χ0) is 13.0. The van der Waals surface area contributed by atoms with Gasteiger partial charge in [0.15, 0.2) is 0 Å². The third kappa shape index (κ3) is 2.10. The number of ether oxygens (including phenoxy) is 1. The van der Waals surface area contributed by atoms with Crippen LogP contribution in [0.15, 0.2) is 0 Å². The monoisotopic (exact) mass is 241 g/mol. The number of carboxylic acids is 1. The molecule has 0 aromatic carbocycles. The van der Waals surface area contributed by atoms with Gasteiger partial charge in [-0.3, -0.25) is 4.90 Å². The molecule has 3 unspecified atom stereocenters. The van der Waals surface area contributed by atoms with Gasteiger partial charge in [0.05, 0.1) is 0 Å². The minimum Gasteiger partial charge on any atom is -0.480 e. The summed E-state index contributed by atoms with van der Waals surface area (Å²) in [4.78, 5) is 24.5. The molecule has 2 aliphatic rings. The zero-order valence-corrected chi connectivity index (χ0v) is 10.6. The Morgan fingerprint density at radius 1 is 1.35 bits per heavy atom. The van der Waals surface area contributed by atoms with E-state index >= 15 is 0 Å². The Balaban J connectivity index is 2.07. The van der Waals surface area contributed by atoms with Crippen LogP contribution in [0.1, 0.15) is 27.7 Å². The number of aliphatic carboxylic acids is 1. The Labute approximate surface area is 101 Å². The maximum Gasteiger partial charge on any atom is 0.411 e. The van der Waals surface area contributed by atoms with Gasteiger partial charge in [0, 0.05) is 6.54 Å². The molecule has 5 heteroatoms.